The second-order valence-electron chi connectivity index (χ2n) is 5.56. The second-order valence-corrected chi connectivity index (χ2v) is 7.28. The molecule has 0 aliphatic rings. The molecule has 0 radical (unpaired) electrons. The van der Waals surface area contributed by atoms with Crippen molar-refractivity contribution < 1.29 is 13.5 Å². The number of hydrogen-bond acceptors (Lipinski definition) is 4. The van der Waals surface area contributed by atoms with Crippen LogP contribution in [-0.2, 0) is 17.1 Å². The van der Waals surface area contributed by atoms with E-state index in [-0.39, 0.29) is 17.0 Å². The van der Waals surface area contributed by atoms with Crippen LogP contribution in [0.15, 0.2) is 17.3 Å². The van der Waals surface area contributed by atoms with E-state index in [2.05, 4.69) is 9.82 Å². The van der Waals surface area contributed by atoms with Gasteiger partial charge in [-0.1, -0.05) is 20.8 Å². The number of aromatic nitrogens is 2. The van der Waals surface area contributed by atoms with Crippen molar-refractivity contribution in [3.8, 4) is 0 Å². The van der Waals surface area contributed by atoms with Crippen LogP contribution < -0.4 is 4.72 Å². The van der Waals surface area contributed by atoms with Gasteiger partial charge in [0, 0.05) is 13.6 Å². The van der Waals surface area contributed by atoms with Gasteiger partial charge >= 0.3 is 0 Å². The summed E-state index contributed by atoms with van der Waals surface area (Å²) in [7, 11) is -2.05. The quantitative estimate of drug-likeness (QED) is 0.819. The summed E-state index contributed by atoms with van der Waals surface area (Å²) in [5.74, 6) is 0. The molecule has 0 fully saturated rings. The maximum atomic E-state index is 11.9. The Hall–Kier alpha value is -0.920. The topological polar surface area (TPSA) is 84.2 Å². The van der Waals surface area contributed by atoms with Gasteiger partial charge in [-0.15, -0.1) is 0 Å². The molecule has 0 aromatic carbocycles. The standard InChI is InChI=1S/C11H21N3O3S/c1-11(2,3)7-9(15)8-13-18(16,17)10-5-6-12-14(10)4/h5-6,9,13,15H,7-8H2,1-4H3. The average Bonchev–Trinajstić information content (AvgIpc) is 2.60. The number of nitrogens with zero attached hydrogens (tertiary/aromatic N) is 2. The zero-order chi connectivity index (χ0) is 14.0. The van der Waals surface area contributed by atoms with Gasteiger partial charge in [-0.25, -0.2) is 13.1 Å². The molecule has 0 spiro atoms. The van der Waals surface area contributed by atoms with Crippen LogP contribution in [-0.4, -0.2) is 36.0 Å². The number of hydrogen-bond donors (Lipinski definition) is 2. The second kappa shape index (κ2) is 5.38. The minimum Gasteiger partial charge on any atom is -0.392 e. The van der Waals surface area contributed by atoms with E-state index in [1.807, 2.05) is 20.8 Å². The van der Waals surface area contributed by atoms with Crippen molar-refractivity contribution in [2.24, 2.45) is 12.5 Å². The lowest BCUT2D eigenvalue weighted by atomic mass is 9.89. The van der Waals surface area contributed by atoms with Crippen molar-refractivity contribution in [1.82, 2.24) is 14.5 Å². The van der Waals surface area contributed by atoms with Crippen LogP contribution >= 0.6 is 0 Å². The Balaban J connectivity index is 2.61. The maximum absolute atomic E-state index is 11.9. The Morgan fingerprint density at radius 2 is 2.11 bits per heavy atom. The monoisotopic (exact) mass is 275 g/mol. The van der Waals surface area contributed by atoms with E-state index in [1.165, 1.54) is 16.9 Å². The van der Waals surface area contributed by atoms with E-state index in [1.54, 1.807) is 7.05 Å². The molecule has 0 saturated carbocycles. The Labute approximate surface area is 108 Å². The summed E-state index contributed by atoms with van der Waals surface area (Å²) in [5, 5.41) is 13.7. The lowest BCUT2D eigenvalue weighted by molar-refractivity contribution is 0.125. The molecule has 104 valence electrons. The number of sulfonamides is 1. The summed E-state index contributed by atoms with van der Waals surface area (Å²) < 4.78 is 27.5. The van der Waals surface area contributed by atoms with E-state index in [0.29, 0.717) is 6.42 Å². The highest BCUT2D eigenvalue weighted by atomic mass is 32.2. The zero-order valence-corrected chi connectivity index (χ0v) is 12.0. The van der Waals surface area contributed by atoms with E-state index >= 15 is 0 Å². The summed E-state index contributed by atoms with van der Waals surface area (Å²) in [6.45, 7) is 5.98. The first-order valence-electron chi connectivity index (χ1n) is 5.77. The SMILES string of the molecule is Cn1nccc1S(=O)(=O)NCC(O)CC(C)(C)C. The van der Waals surface area contributed by atoms with Gasteiger partial charge in [-0.2, -0.15) is 5.10 Å². The molecule has 0 aliphatic heterocycles. The van der Waals surface area contributed by atoms with Gasteiger partial charge in [-0.05, 0) is 17.9 Å². The number of aliphatic hydroxyl groups excluding tert-OH is 1. The maximum Gasteiger partial charge on any atom is 0.257 e. The molecule has 0 bridgehead atoms. The van der Waals surface area contributed by atoms with Gasteiger partial charge in [0.25, 0.3) is 10.0 Å². The first-order valence-corrected chi connectivity index (χ1v) is 7.26. The van der Waals surface area contributed by atoms with Crippen LogP contribution in [0, 0.1) is 5.41 Å². The zero-order valence-electron chi connectivity index (χ0n) is 11.2. The predicted octanol–water partition coefficient (Wildman–Crippen LogP) is 0.495. The molecule has 1 rings (SSSR count). The van der Waals surface area contributed by atoms with Gasteiger partial charge < -0.3 is 5.11 Å². The molecule has 1 aromatic heterocycles. The molecular weight excluding hydrogens is 254 g/mol. The van der Waals surface area contributed by atoms with Gasteiger partial charge in [0.1, 0.15) is 0 Å². The molecule has 1 unspecified atom stereocenters. The fourth-order valence-corrected chi connectivity index (χ4v) is 2.88. The first-order chi connectivity index (χ1) is 8.12. The number of rotatable bonds is 5. The fraction of sp³-hybridized carbons (Fsp3) is 0.727. The average molecular weight is 275 g/mol. The molecule has 0 saturated heterocycles. The molecule has 0 aliphatic carbocycles. The van der Waals surface area contributed by atoms with Gasteiger partial charge in [0.15, 0.2) is 5.03 Å². The Kier molecular flexibility index (Phi) is 4.52. The molecule has 7 heteroatoms. The Morgan fingerprint density at radius 1 is 1.50 bits per heavy atom. The van der Waals surface area contributed by atoms with Crippen LogP contribution in [0.5, 0.6) is 0 Å². The van der Waals surface area contributed by atoms with Crippen molar-refractivity contribution in [1.29, 1.82) is 0 Å². The predicted molar refractivity (Wildman–Crippen MR) is 68.5 cm³/mol. The highest BCUT2D eigenvalue weighted by molar-refractivity contribution is 7.89. The Bertz CT molecular complexity index is 488. The molecular formula is C11H21N3O3S. The van der Waals surface area contributed by atoms with Crippen LogP contribution in [0.4, 0.5) is 0 Å². The lowest BCUT2D eigenvalue weighted by Crippen LogP contribution is -2.35. The summed E-state index contributed by atoms with van der Waals surface area (Å²) in [6.07, 6.45) is 1.24. The summed E-state index contributed by atoms with van der Waals surface area (Å²) in [4.78, 5) is 0. The molecule has 2 N–H and O–H groups in total. The largest absolute Gasteiger partial charge is 0.392 e. The van der Waals surface area contributed by atoms with Crippen LogP contribution in [0.2, 0.25) is 0 Å². The smallest absolute Gasteiger partial charge is 0.257 e. The molecule has 1 heterocycles. The van der Waals surface area contributed by atoms with E-state index < -0.39 is 16.1 Å². The van der Waals surface area contributed by atoms with Crippen molar-refractivity contribution in [2.45, 2.75) is 38.3 Å². The molecule has 0 amide bonds. The van der Waals surface area contributed by atoms with Gasteiger partial charge in [0.05, 0.1) is 12.3 Å². The number of aliphatic hydroxyl groups is 1. The molecule has 1 aromatic rings. The van der Waals surface area contributed by atoms with E-state index in [9.17, 15) is 13.5 Å². The van der Waals surface area contributed by atoms with E-state index in [0.717, 1.165) is 0 Å². The molecule has 6 nitrogen and oxygen atoms in total. The Morgan fingerprint density at radius 3 is 2.56 bits per heavy atom. The van der Waals surface area contributed by atoms with Crippen molar-refractivity contribution >= 4 is 10.0 Å². The third-order valence-corrected chi connectivity index (χ3v) is 3.91. The third-order valence-electron chi connectivity index (χ3n) is 2.41. The van der Waals surface area contributed by atoms with Crippen LogP contribution in [0.3, 0.4) is 0 Å². The van der Waals surface area contributed by atoms with Gasteiger partial charge in [0.2, 0.25) is 0 Å². The van der Waals surface area contributed by atoms with Crippen molar-refractivity contribution in [3.05, 3.63) is 12.3 Å². The minimum atomic E-state index is -3.61. The fourth-order valence-electron chi connectivity index (χ4n) is 1.68. The first kappa shape index (κ1) is 15.1. The highest BCUT2D eigenvalue weighted by Crippen LogP contribution is 2.20. The third kappa shape index (κ3) is 4.40. The highest BCUT2D eigenvalue weighted by Gasteiger charge is 2.21. The summed E-state index contributed by atoms with van der Waals surface area (Å²) in [5.41, 5.74) is -0.0443. The number of aryl methyl sites for hydroxylation is 1. The van der Waals surface area contributed by atoms with Gasteiger partial charge in [-0.3, -0.25) is 4.68 Å². The normalized spacial score (nSPS) is 14.7. The van der Waals surface area contributed by atoms with E-state index in [4.69, 9.17) is 0 Å². The minimum absolute atomic E-state index is 0.00475. The molecule has 18 heavy (non-hydrogen) atoms. The van der Waals surface area contributed by atoms with Crippen molar-refractivity contribution in [2.75, 3.05) is 6.54 Å². The summed E-state index contributed by atoms with van der Waals surface area (Å²) in [6, 6.07) is 1.42. The number of nitrogens with one attached hydrogen (secondary N) is 1. The van der Waals surface area contributed by atoms with Crippen LogP contribution in [0.1, 0.15) is 27.2 Å². The lowest BCUT2D eigenvalue weighted by Gasteiger charge is -2.22. The van der Waals surface area contributed by atoms with Crippen molar-refractivity contribution in [3.63, 3.8) is 0 Å². The van der Waals surface area contributed by atoms with Crippen LogP contribution in [0.25, 0.3) is 0 Å². The molecule has 1 atom stereocenters. The summed E-state index contributed by atoms with van der Waals surface area (Å²) >= 11 is 0.